The van der Waals surface area contributed by atoms with E-state index in [-0.39, 0.29) is 25.0 Å². The molecule has 0 unspecified atom stereocenters. The molecule has 0 aliphatic carbocycles. The van der Waals surface area contributed by atoms with Crippen LogP contribution in [0.1, 0.15) is 13.8 Å². The molecule has 0 saturated heterocycles. The van der Waals surface area contributed by atoms with Crippen molar-refractivity contribution in [1.29, 1.82) is 0 Å². The molecular weight excluding hydrogens is 318 g/mol. The molecular formula is C16H24ClN3O3. The summed E-state index contributed by atoms with van der Waals surface area (Å²) in [6.45, 7) is 7.22. The molecule has 1 rings (SSSR count). The van der Waals surface area contributed by atoms with E-state index in [2.05, 4.69) is 29.4 Å². The van der Waals surface area contributed by atoms with E-state index in [9.17, 15) is 9.59 Å². The van der Waals surface area contributed by atoms with Gasteiger partial charge >= 0.3 is 0 Å². The number of carbonyl (C=O) groups is 2. The number of rotatable bonds is 10. The average Bonchev–Trinajstić information content (AvgIpc) is 2.56. The zero-order valence-corrected chi connectivity index (χ0v) is 14.4. The third-order valence-electron chi connectivity index (χ3n) is 3.27. The number of benzene rings is 1. The number of halogens is 1. The fourth-order valence-corrected chi connectivity index (χ4v) is 1.99. The Hall–Kier alpha value is -1.79. The maximum Gasteiger partial charge on any atom is 0.258 e. The Labute approximate surface area is 142 Å². The summed E-state index contributed by atoms with van der Waals surface area (Å²) in [7, 11) is 0. The number of ether oxygens (including phenoxy) is 1. The van der Waals surface area contributed by atoms with E-state index >= 15 is 0 Å². The SMILES string of the molecule is CCN(CC)CCNC(=O)CNC(=O)COc1ccc(Cl)cc1. The smallest absolute Gasteiger partial charge is 0.258 e. The number of nitrogens with zero attached hydrogens (tertiary/aromatic N) is 1. The molecule has 0 fully saturated rings. The van der Waals surface area contributed by atoms with Crippen LogP contribution in [0.2, 0.25) is 5.02 Å². The molecule has 128 valence electrons. The first kappa shape index (κ1) is 19.3. The fraction of sp³-hybridized carbons (Fsp3) is 0.500. The maximum atomic E-state index is 11.6. The predicted molar refractivity (Wildman–Crippen MR) is 90.8 cm³/mol. The van der Waals surface area contributed by atoms with Gasteiger partial charge in [0, 0.05) is 18.1 Å². The third kappa shape index (κ3) is 8.42. The number of amides is 2. The number of hydrogen-bond acceptors (Lipinski definition) is 4. The Bertz CT molecular complexity index is 490. The molecule has 0 radical (unpaired) electrons. The highest BCUT2D eigenvalue weighted by Gasteiger charge is 2.07. The van der Waals surface area contributed by atoms with Gasteiger partial charge in [0.15, 0.2) is 6.61 Å². The van der Waals surface area contributed by atoms with E-state index < -0.39 is 0 Å². The largest absolute Gasteiger partial charge is 0.484 e. The highest BCUT2D eigenvalue weighted by molar-refractivity contribution is 6.30. The summed E-state index contributed by atoms with van der Waals surface area (Å²) in [5.41, 5.74) is 0. The van der Waals surface area contributed by atoms with Gasteiger partial charge in [-0.05, 0) is 37.4 Å². The van der Waals surface area contributed by atoms with Gasteiger partial charge in [0.2, 0.25) is 5.91 Å². The van der Waals surface area contributed by atoms with Gasteiger partial charge in [-0.3, -0.25) is 9.59 Å². The minimum Gasteiger partial charge on any atom is -0.484 e. The molecule has 0 heterocycles. The van der Waals surface area contributed by atoms with Gasteiger partial charge in [0.25, 0.3) is 5.91 Å². The molecule has 6 nitrogen and oxygen atoms in total. The molecule has 23 heavy (non-hydrogen) atoms. The van der Waals surface area contributed by atoms with Crippen molar-refractivity contribution < 1.29 is 14.3 Å². The number of carbonyl (C=O) groups excluding carboxylic acids is 2. The summed E-state index contributed by atoms with van der Waals surface area (Å²) >= 11 is 5.76. The van der Waals surface area contributed by atoms with Crippen LogP contribution >= 0.6 is 11.6 Å². The second-order valence-electron chi connectivity index (χ2n) is 4.90. The molecule has 0 bridgehead atoms. The van der Waals surface area contributed by atoms with E-state index in [1.54, 1.807) is 24.3 Å². The monoisotopic (exact) mass is 341 g/mol. The van der Waals surface area contributed by atoms with Crippen molar-refractivity contribution in [3.8, 4) is 5.75 Å². The lowest BCUT2D eigenvalue weighted by atomic mass is 10.3. The van der Waals surface area contributed by atoms with Crippen molar-refractivity contribution >= 4 is 23.4 Å². The summed E-state index contributed by atoms with van der Waals surface area (Å²) in [6, 6.07) is 6.71. The summed E-state index contributed by atoms with van der Waals surface area (Å²) < 4.78 is 5.29. The molecule has 2 N–H and O–H groups in total. The minimum absolute atomic E-state index is 0.0545. The zero-order valence-electron chi connectivity index (χ0n) is 13.6. The Morgan fingerprint density at radius 2 is 1.74 bits per heavy atom. The van der Waals surface area contributed by atoms with E-state index in [0.29, 0.717) is 17.3 Å². The number of hydrogen-bond donors (Lipinski definition) is 2. The number of likely N-dealkylation sites (N-methyl/N-ethyl adjacent to an activating group) is 1. The van der Waals surface area contributed by atoms with Crippen LogP contribution in [0, 0.1) is 0 Å². The van der Waals surface area contributed by atoms with Crippen LogP contribution in [0.3, 0.4) is 0 Å². The first-order chi connectivity index (χ1) is 11.0. The first-order valence-electron chi connectivity index (χ1n) is 7.69. The van der Waals surface area contributed by atoms with Crippen molar-refractivity contribution in [2.45, 2.75) is 13.8 Å². The quantitative estimate of drug-likeness (QED) is 0.673. The lowest BCUT2D eigenvalue weighted by molar-refractivity contribution is -0.127. The minimum atomic E-state index is -0.348. The highest BCUT2D eigenvalue weighted by atomic mass is 35.5. The molecule has 2 amide bonds. The van der Waals surface area contributed by atoms with E-state index in [1.807, 2.05) is 0 Å². The lowest BCUT2D eigenvalue weighted by Gasteiger charge is -2.18. The molecule has 1 aromatic rings. The molecule has 0 aromatic heterocycles. The summed E-state index contributed by atoms with van der Waals surface area (Å²) in [5, 5.41) is 5.88. The lowest BCUT2D eigenvalue weighted by Crippen LogP contribution is -2.41. The van der Waals surface area contributed by atoms with Crippen LogP contribution in [-0.2, 0) is 9.59 Å². The Morgan fingerprint density at radius 3 is 2.35 bits per heavy atom. The van der Waals surface area contributed by atoms with Gasteiger partial charge in [0.1, 0.15) is 5.75 Å². The average molecular weight is 342 g/mol. The number of nitrogens with one attached hydrogen (secondary N) is 2. The molecule has 0 aliphatic heterocycles. The molecule has 0 spiro atoms. The van der Waals surface area contributed by atoms with Crippen molar-refractivity contribution in [2.24, 2.45) is 0 Å². The van der Waals surface area contributed by atoms with Crippen LogP contribution in [0.25, 0.3) is 0 Å². The molecule has 0 aliphatic rings. The summed E-state index contributed by atoms with van der Waals surface area (Å²) in [6.07, 6.45) is 0. The van der Waals surface area contributed by atoms with E-state index in [0.717, 1.165) is 19.6 Å². The summed E-state index contributed by atoms with van der Waals surface area (Å²) in [4.78, 5) is 25.4. The van der Waals surface area contributed by atoms with Crippen LogP contribution in [0.5, 0.6) is 5.75 Å². The topological polar surface area (TPSA) is 70.7 Å². The first-order valence-corrected chi connectivity index (χ1v) is 8.07. The van der Waals surface area contributed by atoms with Crippen LogP contribution < -0.4 is 15.4 Å². The van der Waals surface area contributed by atoms with E-state index in [4.69, 9.17) is 16.3 Å². The molecule has 7 heteroatoms. The second-order valence-corrected chi connectivity index (χ2v) is 5.33. The Balaban J connectivity index is 2.15. The van der Waals surface area contributed by atoms with Crippen molar-refractivity contribution in [3.63, 3.8) is 0 Å². The van der Waals surface area contributed by atoms with Gasteiger partial charge in [-0.25, -0.2) is 0 Å². The van der Waals surface area contributed by atoms with Crippen LogP contribution in [0.4, 0.5) is 0 Å². The predicted octanol–water partition coefficient (Wildman–Crippen LogP) is 1.29. The van der Waals surface area contributed by atoms with Gasteiger partial charge in [-0.15, -0.1) is 0 Å². The van der Waals surface area contributed by atoms with Crippen molar-refractivity contribution in [2.75, 3.05) is 39.3 Å². The van der Waals surface area contributed by atoms with E-state index in [1.165, 1.54) is 0 Å². The molecule has 1 aromatic carbocycles. The summed E-state index contributed by atoms with van der Waals surface area (Å²) in [5.74, 6) is -0.0101. The van der Waals surface area contributed by atoms with Gasteiger partial charge in [-0.2, -0.15) is 0 Å². The van der Waals surface area contributed by atoms with Crippen LogP contribution in [0.15, 0.2) is 24.3 Å². The highest BCUT2D eigenvalue weighted by Crippen LogP contribution is 2.15. The van der Waals surface area contributed by atoms with Gasteiger partial charge in [-0.1, -0.05) is 25.4 Å². The fourth-order valence-electron chi connectivity index (χ4n) is 1.87. The van der Waals surface area contributed by atoms with Crippen LogP contribution in [-0.4, -0.2) is 56.0 Å². The zero-order chi connectivity index (χ0) is 17.1. The molecule has 0 saturated carbocycles. The van der Waals surface area contributed by atoms with Crippen molar-refractivity contribution in [3.05, 3.63) is 29.3 Å². The van der Waals surface area contributed by atoms with Gasteiger partial charge in [0.05, 0.1) is 6.54 Å². The third-order valence-corrected chi connectivity index (χ3v) is 3.53. The normalized spacial score (nSPS) is 10.4. The Morgan fingerprint density at radius 1 is 1.09 bits per heavy atom. The van der Waals surface area contributed by atoms with Crippen molar-refractivity contribution in [1.82, 2.24) is 15.5 Å². The Kier molecular flexibility index (Phi) is 9.09. The maximum absolute atomic E-state index is 11.6. The standard InChI is InChI=1S/C16H24ClN3O3/c1-3-20(4-2)10-9-18-15(21)11-19-16(22)12-23-14-7-5-13(17)6-8-14/h5-8H,3-4,9-12H2,1-2H3,(H,18,21)(H,19,22). The second kappa shape index (κ2) is 10.9. The molecule has 0 atom stereocenters. The van der Waals surface area contributed by atoms with Gasteiger partial charge < -0.3 is 20.3 Å².